The van der Waals surface area contributed by atoms with Crippen LogP contribution in [0.3, 0.4) is 0 Å². The number of hydrogen-bond donors (Lipinski definition) is 0. The molecule has 3 heteroatoms. The van der Waals surface area contributed by atoms with Gasteiger partial charge in [-0.25, -0.2) is 13.2 Å². The molecular weight excluding hydrogens is 237 g/mol. The Hall–Kier alpha value is -1.25. The highest BCUT2D eigenvalue weighted by Gasteiger charge is 2.23. The predicted octanol–water partition coefficient (Wildman–Crippen LogP) is 5.04. The number of hydrogen-bond acceptors (Lipinski definition) is 0. The summed E-state index contributed by atoms with van der Waals surface area (Å²) in [7, 11) is 0. The molecule has 0 aliphatic heterocycles. The molecule has 0 aromatic heterocycles. The van der Waals surface area contributed by atoms with Gasteiger partial charge in [0.05, 0.1) is 5.83 Å². The molecule has 0 bridgehead atoms. The van der Waals surface area contributed by atoms with Crippen LogP contribution in [0.1, 0.15) is 49.7 Å². The molecule has 0 N–H and O–H groups in total. The molecule has 0 saturated heterocycles. The minimum Gasteiger partial charge on any atom is -0.212 e. The summed E-state index contributed by atoms with van der Waals surface area (Å²) in [6.07, 6.45) is 4.10. The molecule has 0 radical (unpaired) electrons. The zero-order valence-electron chi connectivity index (χ0n) is 10.5. The number of aryl methyl sites for hydroxylation is 1. The van der Waals surface area contributed by atoms with Crippen molar-refractivity contribution in [3.63, 3.8) is 0 Å². The molecule has 98 valence electrons. The lowest BCUT2D eigenvalue weighted by Crippen LogP contribution is -2.08. The van der Waals surface area contributed by atoms with E-state index >= 15 is 0 Å². The lowest BCUT2D eigenvalue weighted by molar-refractivity contribution is 0.460. The van der Waals surface area contributed by atoms with Gasteiger partial charge in [0.2, 0.25) is 0 Å². The van der Waals surface area contributed by atoms with Crippen molar-refractivity contribution in [1.29, 1.82) is 0 Å². The van der Waals surface area contributed by atoms with Gasteiger partial charge in [0.1, 0.15) is 11.6 Å². The zero-order valence-corrected chi connectivity index (χ0v) is 10.5. The van der Waals surface area contributed by atoms with Crippen LogP contribution in [0.25, 0.3) is 0 Å². The Morgan fingerprint density at radius 2 is 1.83 bits per heavy atom. The Morgan fingerprint density at radius 3 is 2.33 bits per heavy atom. The Bertz CT molecular complexity index is 440. The van der Waals surface area contributed by atoms with E-state index in [9.17, 15) is 13.2 Å². The monoisotopic (exact) mass is 254 g/mol. The SMILES string of the molecule is CCCc1cc(F)c(C2CC=C(F)CC2)c(F)c1. The number of benzene rings is 1. The van der Waals surface area contributed by atoms with Crippen molar-refractivity contribution in [2.75, 3.05) is 0 Å². The smallest absolute Gasteiger partial charge is 0.129 e. The van der Waals surface area contributed by atoms with Gasteiger partial charge in [0, 0.05) is 5.56 Å². The average molecular weight is 254 g/mol. The fourth-order valence-electron chi connectivity index (χ4n) is 2.52. The highest BCUT2D eigenvalue weighted by Crippen LogP contribution is 2.35. The molecule has 1 aliphatic carbocycles. The summed E-state index contributed by atoms with van der Waals surface area (Å²) < 4.78 is 40.8. The van der Waals surface area contributed by atoms with Crippen LogP contribution in [0.4, 0.5) is 13.2 Å². The second-order valence-electron chi connectivity index (χ2n) is 4.85. The molecule has 1 aromatic carbocycles. The lowest BCUT2D eigenvalue weighted by atomic mass is 9.86. The number of allylic oxidation sites excluding steroid dienone is 2. The zero-order chi connectivity index (χ0) is 13.1. The first-order chi connectivity index (χ1) is 8.61. The second kappa shape index (κ2) is 5.59. The third kappa shape index (κ3) is 2.77. The summed E-state index contributed by atoms with van der Waals surface area (Å²) >= 11 is 0. The topological polar surface area (TPSA) is 0 Å². The van der Waals surface area contributed by atoms with E-state index in [0.717, 1.165) is 6.42 Å². The first-order valence-corrected chi connectivity index (χ1v) is 6.44. The quantitative estimate of drug-likeness (QED) is 0.709. The first kappa shape index (κ1) is 13.2. The average Bonchev–Trinajstić information content (AvgIpc) is 2.31. The van der Waals surface area contributed by atoms with Crippen molar-refractivity contribution in [1.82, 2.24) is 0 Å². The fourth-order valence-corrected chi connectivity index (χ4v) is 2.52. The Morgan fingerprint density at radius 1 is 1.17 bits per heavy atom. The first-order valence-electron chi connectivity index (χ1n) is 6.44. The Balaban J connectivity index is 2.28. The van der Waals surface area contributed by atoms with Crippen LogP contribution in [0.5, 0.6) is 0 Å². The molecule has 0 heterocycles. The van der Waals surface area contributed by atoms with Crippen LogP contribution in [0.2, 0.25) is 0 Å². The molecule has 0 amide bonds. The van der Waals surface area contributed by atoms with Gasteiger partial charge in [-0.15, -0.1) is 0 Å². The molecule has 0 saturated carbocycles. The van der Waals surface area contributed by atoms with Gasteiger partial charge in [0.25, 0.3) is 0 Å². The standard InChI is InChI=1S/C15H17F3/c1-2-3-10-8-13(17)15(14(18)9-10)11-4-6-12(16)7-5-11/h6,8-9,11H,2-5,7H2,1H3. The molecule has 1 aliphatic rings. The highest BCUT2D eigenvalue weighted by atomic mass is 19.1. The molecule has 1 aromatic rings. The summed E-state index contributed by atoms with van der Waals surface area (Å²) in [5, 5.41) is 0. The minimum absolute atomic E-state index is 0.124. The molecule has 0 spiro atoms. The maximum absolute atomic E-state index is 14.0. The molecule has 1 atom stereocenters. The van der Waals surface area contributed by atoms with E-state index < -0.39 is 11.6 Å². The van der Waals surface area contributed by atoms with Crippen LogP contribution in [-0.4, -0.2) is 0 Å². The van der Waals surface area contributed by atoms with Crippen LogP contribution >= 0.6 is 0 Å². The molecule has 0 fully saturated rings. The van der Waals surface area contributed by atoms with Gasteiger partial charge in [0.15, 0.2) is 0 Å². The van der Waals surface area contributed by atoms with Crippen molar-refractivity contribution in [2.45, 2.75) is 44.9 Å². The summed E-state index contributed by atoms with van der Waals surface area (Å²) in [6, 6.07) is 2.83. The van der Waals surface area contributed by atoms with Gasteiger partial charge in [-0.3, -0.25) is 0 Å². The fraction of sp³-hybridized carbons (Fsp3) is 0.467. The Labute approximate surface area is 106 Å². The second-order valence-corrected chi connectivity index (χ2v) is 4.85. The van der Waals surface area contributed by atoms with Gasteiger partial charge < -0.3 is 0 Å². The van der Waals surface area contributed by atoms with Gasteiger partial charge in [-0.1, -0.05) is 19.4 Å². The molecule has 2 rings (SSSR count). The van der Waals surface area contributed by atoms with E-state index in [1.54, 1.807) is 0 Å². The van der Waals surface area contributed by atoms with Crippen LogP contribution in [-0.2, 0) is 6.42 Å². The van der Waals surface area contributed by atoms with Gasteiger partial charge in [-0.2, -0.15) is 0 Å². The summed E-state index contributed by atoms with van der Waals surface area (Å²) in [5.74, 6) is -1.38. The van der Waals surface area contributed by atoms with Crippen molar-refractivity contribution in [3.05, 3.63) is 46.8 Å². The molecule has 18 heavy (non-hydrogen) atoms. The van der Waals surface area contributed by atoms with E-state index in [0.29, 0.717) is 24.8 Å². The van der Waals surface area contributed by atoms with Gasteiger partial charge >= 0.3 is 0 Å². The lowest BCUT2D eigenvalue weighted by Gasteiger charge is -2.21. The van der Waals surface area contributed by atoms with E-state index in [4.69, 9.17) is 0 Å². The summed E-state index contributed by atoms with van der Waals surface area (Å²) in [6.45, 7) is 1.97. The summed E-state index contributed by atoms with van der Waals surface area (Å²) in [5.41, 5.74) is 0.812. The molecular formula is C15H17F3. The summed E-state index contributed by atoms with van der Waals surface area (Å²) in [4.78, 5) is 0. The number of halogens is 3. The molecule has 0 nitrogen and oxygen atoms in total. The maximum Gasteiger partial charge on any atom is 0.129 e. The van der Waals surface area contributed by atoms with E-state index in [2.05, 4.69) is 0 Å². The van der Waals surface area contributed by atoms with Crippen LogP contribution < -0.4 is 0 Å². The molecule has 1 unspecified atom stereocenters. The third-order valence-electron chi connectivity index (χ3n) is 3.44. The van der Waals surface area contributed by atoms with E-state index in [1.165, 1.54) is 18.2 Å². The van der Waals surface area contributed by atoms with Crippen molar-refractivity contribution < 1.29 is 13.2 Å². The number of rotatable bonds is 3. The largest absolute Gasteiger partial charge is 0.212 e. The normalized spacial score (nSPS) is 19.8. The van der Waals surface area contributed by atoms with E-state index in [-0.39, 0.29) is 23.7 Å². The third-order valence-corrected chi connectivity index (χ3v) is 3.44. The van der Waals surface area contributed by atoms with Gasteiger partial charge in [-0.05, 0) is 49.3 Å². The van der Waals surface area contributed by atoms with Crippen LogP contribution in [0.15, 0.2) is 24.0 Å². The minimum atomic E-state index is -0.487. The highest BCUT2D eigenvalue weighted by molar-refractivity contribution is 5.30. The predicted molar refractivity (Wildman–Crippen MR) is 66.1 cm³/mol. The maximum atomic E-state index is 14.0. The van der Waals surface area contributed by atoms with E-state index in [1.807, 2.05) is 6.92 Å². The Kier molecular flexibility index (Phi) is 4.10. The van der Waals surface area contributed by atoms with Crippen LogP contribution in [0, 0.1) is 11.6 Å². The van der Waals surface area contributed by atoms with Crippen molar-refractivity contribution in [2.24, 2.45) is 0 Å². The van der Waals surface area contributed by atoms with Crippen molar-refractivity contribution in [3.8, 4) is 0 Å². The van der Waals surface area contributed by atoms with Crippen molar-refractivity contribution >= 4 is 0 Å².